The number of rotatable bonds is 7. The number of carbonyl (C=O) groups is 1. The monoisotopic (exact) mass is 510 g/mol. The Kier molecular flexibility index (Phi) is 11.3. The largest absolute Gasteiger partial charge is 0.444 e. The molecule has 0 aliphatic heterocycles. The third-order valence-corrected chi connectivity index (χ3v) is 4.41. The van der Waals surface area contributed by atoms with Gasteiger partial charge in [-0.2, -0.15) is 0 Å². The van der Waals surface area contributed by atoms with Crippen LogP contribution in [0.3, 0.4) is 0 Å². The molecule has 8 heteroatoms. The van der Waals surface area contributed by atoms with Crippen LogP contribution >= 0.6 is 35.3 Å². The third-order valence-electron chi connectivity index (χ3n) is 3.51. The van der Waals surface area contributed by atoms with E-state index >= 15 is 0 Å². The second kappa shape index (κ2) is 11.7. The maximum atomic E-state index is 11.9. The first-order valence-electron chi connectivity index (χ1n) is 8.99. The number of nitrogens with one attached hydrogen (secondary N) is 3. The fourth-order valence-electron chi connectivity index (χ4n) is 2.26. The highest BCUT2D eigenvalue weighted by Crippen LogP contribution is 2.13. The highest BCUT2D eigenvalue weighted by molar-refractivity contribution is 14.0. The highest BCUT2D eigenvalue weighted by atomic mass is 127. The van der Waals surface area contributed by atoms with Crippen molar-refractivity contribution < 1.29 is 9.53 Å². The molecule has 0 radical (unpaired) electrons. The Bertz CT molecular complexity index is 583. The average molecular weight is 510 g/mol. The second-order valence-corrected chi connectivity index (χ2v) is 9.24. The summed E-state index contributed by atoms with van der Waals surface area (Å²) in [7, 11) is 1.74. The predicted molar refractivity (Wildman–Crippen MR) is 125 cm³/mol. The number of aliphatic imine (C=N–C) groups is 1. The summed E-state index contributed by atoms with van der Waals surface area (Å²) in [6.45, 7) is 13.0. The summed E-state index contributed by atoms with van der Waals surface area (Å²) >= 11 is 1.79. The Labute approximate surface area is 185 Å². The van der Waals surface area contributed by atoms with Gasteiger partial charge < -0.3 is 20.7 Å². The fourth-order valence-corrected chi connectivity index (χ4v) is 3.13. The van der Waals surface area contributed by atoms with E-state index in [-0.39, 0.29) is 24.0 Å². The number of thiophene rings is 1. The zero-order valence-corrected chi connectivity index (χ0v) is 20.7. The number of carbonyl (C=O) groups excluding carboxylic acids is 1. The first-order chi connectivity index (χ1) is 12.0. The van der Waals surface area contributed by atoms with E-state index in [1.54, 1.807) is 18.4 Å². The van der Waals surface area contributed by atoms with Crippen molar-refractivity contribution in [3.8, 4) is 0 Å². The van der Waals surface area contributed by atoms with Crippen LogP contribution in [0.2, 0.25) is 0 Å². The van der Waals surface area contributed by atoms with E-state index in [9.17, 15) is 4.79 Å². The van der Waals surface area contributed by atoms with Crippen LogP contribution in [0.25, 0.3) is 0 Å². The van der Waals surface area contributed by atoms with Gasteiger partial charge in [0.15, 0.2) is 5.96 Å². The zero-order chi connectivity index (χ0) is 19.8. The quantitative estimate of drug-likeness (QED) is 0.295. The van der Waals surface area contributed by atoms with Crippen LogP contribution in [0.4, 0.5) is 4.79 Å². The first kappa shape index (κ1) is 26.0. The van der Waals surface area contributed by atoms with E-state index in [1.165, 1.54) is 4.88 Å². The SMILES string of the molecule is CN=C(NCC(C)Cc1cccs1)NCC(C)(C)NC(=O)OC(C)(C)C.I. The van der Waals surface area contributed by atoms with Crippen LogP contribution in [0, 0.1) is 5.92 Å². The summed E-state index contributed by atoms with van der Waals surface area (Å²) in [5, 5.41) is 11.6. The normalized spacial score (nSPS) is 13.4. The minimum atomic E-state index is -0.510. The lowest BCUT2D eigenvalue weighted by atomic mass is 10.1. The summed E-state index contributed by atoms with van der Waals surface area (Å²) in [4.78, 5) is 17.6. The van der Waals surface area contributed by atoms with Crippen molar-refractivity contribution >= 4 is 47.4 Å². The van der Waals surface area contributed by atoms with Crippen LogP contribution in [-0.4, -0.2) is 43.3 Å². The van der Waals surface area contributed by atoms with E-state index < -0.39 is 17.2 Å². The van der Waals surface area contributed by atoms with E-state index in [4.69, 9.17) is 4.74 Å². The number of nitrogens with zero attached hydrogens (tertiary/aromatic N) is 1. The smallest absolute Gasteiger partial charge is 0.408 e. The summed E-state index contributed by atoms with van der Waals surface area (Å²) in [6.07, 6.45) is 0.629. The Morgan fingerprint density at radius 3 is 2.44 bits per heavy atom. The molecule has 1 rings (SSSR count). The predicted octanol–water partition coefficient (Wildman–Crippen LogP) is 4.01. The van der Waals surface area contributed by atoms with Crippen molar-refractivity contribution in [2.75, 3.05) is 20.1 Å². The molecule has 27 heavy (non-hydrogen) atoms. The van der Waals surface area contributed by atoms with Gasteiger partial charge in [-0.15, -0.1) is 35.3 Å². The maximum Gasteiger partial charge on any atom is 0.408 e. The lowest BCUT2D eigenvalue weighted by Gasteiger charge is -2.29. The minimum Gasteiger partial charge on any atom is -0.444 e. The molecule has 0 saturated carbocycles. The molecule has 1 atom stereocenters. The summed E-state index contributed by atoms with van der Waals surface area (Å²) in [5.41, 5.74) is -0.980. The van der Waals surface area contributed by atoms with Crippen molar-refractivity contribution in [2.24, 2.45) is 10.9 Å². The minimum absolute atomic E-state index is 0. The van der Waals surface area contributed by atoms with Crippen molar-refractivity contribution in [1.29, 1.82) is 0 Å². The number of ether oxygens (including phenoxy) is 1. The number of alkyl carbamates (subject to hydrolysis) is 1. The molecule has 0 bridgehead atoms. The van der Waals surface area contributed by atoms with Gasteiger partial charge in [-0.25, -0.2) is 4.79 Å². The molecule has 0 aromatic carbocycles. The summed E-state index contributed by atoms with van der Waals surface area (Å²) in [6, 6.07) is 4.25. The summed E-state index contributed by atoms with van der Waals surface area (Å²) < 4.78 is 5.31. The van der Waals surface area contributed by atoms with Gasteiger partial charge in [0.1, 0.15) is 5.60 Å². The van der Waals surface area contributed by atoms with E-state index in [0.29, 0.717) is 12.5 Å². The van der Waals surface area contributed by atoms with E-state index in [0.717, 1.165) is 18.9 Å². The van der Waals surface area contributed by atoms with Crippen molar-refractivity contribution in [3.05, 3.63) is 22.4 Å². The van der Waals surface area contributed by atoms with Gasteiger partial charge in [-0.3, -0.25) is 4.99 Å². The topological polar surface area (TPSA) is 74.8 Å². The number of hydrogen-bond acceptors (Lipinski definition) is 4. The highest BCUT2D eigenvalue weighted by Gasteiger charge is 2.24. The molecule has 1 unspecified atom stereocenters. The Morgan fingerprint density at radius 2 is 1.93 bits per heavy atom. The van der Waals surface area contributed by atoms with Crippen LogP contribution < -0.4 is 16.0 Å². The molecule has 1 aromatic rings. The zero-order valence-electron chi connectivity index (χ0n) is 17.5. The van der Waals surface area contributed by atoms with Gasteiger partial charge >= 0.3 is 6.09 Å². The van der Waals surface area contributed by atoms with Crippen LogP contribution in [0.15, 0.2) is 22.5 Å². The molecule has 0 fully saturated rings. The molecule has 0 saturated heterocycles. The van der Waals surface area contributed by atoms with Gasteiger partial charge in [0, 0.05) is 25.0 Å². The van der Waals surface area contributed by atoms with Gasteiger partial charge in [0.2, 0.25) is 0 Å². The number of hydrogen-bond donors (Lipinski definition) is 3. The molecule has 6 nitrogen and oxygen atoms in total. The maximum absolute atomic E-state index is 11.9. The third kappa shape index (κ3) is 12.1. The van der Waals surface area contributed by atoms with Crippen molar-refractivity contribution in [2.45, 2.75) is 59.1 Å². The van der Waals surface area contributed by atoms with E-state index in [1.807, 2.05) is 34.6 Å². The average Bonchev–Trinajstić information content (AvgIpc) is 2.97. The standard InChI is InChI=1S/C19H34N4O2S.HI/c1-14(11-15-9-8-10-26-15)12-21-16(20-7)22-13-19(5,6)23-17(24)25-18(2,3)4;/h8-10,14H,11-13H2,1-7H3,(H,23,24)(H2,20,21,22);1H. The van der Waals surface area contributed by atoms with Crippen LogP contribution in [-0.2, 0) is 11.2 Å². The molecule has 1 heterocycles. The van der Waals surface area contributed by atoms with Crippen molar-refractivity contribution in [1.82, 2.24) is 16.0 Å². The molecule has 1 aromatic heterocycles. The lowest BCUT2D eigenvalue weighted by molar-refractivity contribution is 0.0474. The van der Waals surface area contributed by atoms with E-state index in [2.05, 4.69) is 45.4 Å². The Hall–Kier alpha value is -1.03. The molecule has 1 amide bonds. The fraction of sp³-hybridized carbons (Fsp3) is 0.684. The number of amides is 1. The number of guanidine groups is 1. The molecule has 156 valence electrons. The van der Waals surface area contributed by atoms with Gasteiger partial charge in [0.25, 0.3) is 0 Å². The van der Waals surface area contributed by atoms with Gasteiger partial charge in [0.05, 0.1) is 5.54 Å². The molecule has 0 aliphatic rings. The second-order valence-electron chi connectivity index (χ2n) is 8.21. The van der Waals surface area contributed by atoms with Crippen LogP contribution in [0.1, 0.15) is 46.4 Å². The van der Waals surface area contributed by atoms with Crippen molar-refractivity contribution in [3.63, 3.8) is 0 Å². The Morgan fingerprint density at radius 1 is 1.26 bits per heavy atom. The molecular weight excluding hydrogens is 475 g/mol. The molecule has 0 aliphatic carbocycles. The van der Waals surface area contributed by atoms with Gasteiger partial charge in [-0.05, 0) is 58.4 Å². The molecular formula is C19H35IN4O2S. The number of halogens is 1. The molecule has 3 N–H and O–H groups in total. The summed E-state index contributed by atoms with van der Waals surface area (Å²) in [5.74, 6) is 1.22. The molecule has 0 spiro atoms. The Balaban J connectivity index is 0.00000676. The van der Waals surface area contributed by atoms with Gasteiger partial charge in [-0.1, -0.05) is 13.0 Å². The van der Waals surface area contributed by atoms with Crippen LogP contribution in [0.5, 0.6) is 0 Å². The first-order valence-corrected chi connectivity index (χ1v) is 9.87. The lowest BCUT2D eigenvalue weighted by Crippen LogP contribution is -2.54.